The normalized spacial score (nSPS) is 13.4. The molecule has 0 bridgehead atoms. The molecule has 0 aromatic carbocycles. The van der Waals surface area contributed by atoms with Gasteiger partial charge in [0.05, 0.1) is 17.3 Å². The van der Waals surface area contributed by atoms with Crippen LogP contribution in [0.2, 0.25) is 0 Å². The molecule has 0 aliphatic heterocycles. The summed E-state index contributed by atoms with van der Waals surface area (Å²) in [5.74, 6) is 5.51. The lowest BCUT2D eigenvalue weighted by atomic mass is 10.1. The van der Waals surface area contributed by atoms with E-state index in [2.05, 4.69) is 17.3 Å². The number of nitrogens with two attached hydrogens (primary N) is 1. The van der Waals surface area contributed by atoms with Gasteiger partial charge in [0.1, 0.15) is 0 Å². The van der Waals surface area contributed by atoms with Gasteiger partial charge in [-0.1, -0.05) is 6.92 Å². The Balaban J connectivity index is 2.13. The van der Waals surface area contributed by atoms with Gasteiger partial charge in [-0.2, -0.15) is 13.2 Å². The molecule has 7 heteroatoms. The molecule has 2 heterocycles. The number of pyridine rings is 1. The Morgan fingerprint density at radius 1 is 1.24 bits per heavy atom. The molecule has 2 rings (SSSR count). The number of thiophene rings is 1. The summed E-state index contributed by atoms with van der Waals surface area (Å²) >= 11 is 1.68. The second-order valence-corrected chi connectivity index (χ2v) is 5.87. The largest absolute Gasteiger partial charge is 0.417 e. The molecule has 0 saturated heterocycles. The van der Waals surface area contributed by atoms with E-state index in [1.54, 1.807) is 11.3 Å². The van der Waals surface area contributed by atoms with E-state index < -0.39 is 11.7 Å². The number of nitrogens with zero attached hydrogens (tertiary/aromatic N) is 1. The Morgan fingerprint density at radius 3 is 2.43 bits per heavy atom. The first-order chi connectivity index (χ1) is 9.94. The van der Waals surface area contributed by atoms with E-state index in [0.717, 1.165) is 23.6 Å². The van der Waals surface area contributed by atoms with Gasteiger partial charge in [-0.05, 0) is 30.7 Å². The number of rotatable bonds is 5. The van der Waals surface area contributed by atoms with Crippen LogP contribution >= 0.6 is 11.3 Å². The molecule has 114 valence electrons. The molecule has 21 heavy (non-hydrogen) atoms. The second kappa shape index (κ2) is 6.55. The summed E-state index contributed by atoms with van der Waals surface area (Å²) < 4.78 is 37.5. The molecule has 2 aromatic heterocycles. The highest BCUT2D eigenvalue weighted by Gasteiger charge is 2.31. The van der Waals surface area contributed by atoms with Gasteiger partial charge in [-0.15, -0.1) is 11.3 Å². The van der Waals surface area contributed by atoms with E-state index in [1.165, 1.54) is 10.9 Å². The van der Waals surface area contributed by atoms with Gasteiger partial charge in [0.25, 0.3) is 0 Å². The Bertz CT molecular complexity index is 578. The van der Waals surface area contributed by atoms with E-state index in [0.29, 0.717) is 12.1 Å². The number of hydrogen-bond donors (Lipinski definition) is 2. The van der Waals surface area contributed by atoms with E-state index in [1.807, 2.05) is 12.1 Å². The minimum atomic E-state index is -4.37. The quantitative estimate of drug-likeness (QED) is 0.656. The van der Waals surface area contributed by atoms with Crippen molar-refractivity contribution in [2.45, 2.75) is 32.0 Å². The zero-order valence-corrected chi connectivity index (χ0v) is 12.3. The molecule has 3 nitrogen and oxygen atoms in total. The van der Waals surface area contributed by atoms with Crippen molar-refractivity contribution in [1.29, 1.82) is 0 Å². The molecule has 0 aliphatic rings. The van der Waals surface area contributed by atoms with Gasteiger partial charge in [0, 0.05) is 22.4 Å². The molecule has 0 spiro atoms. The first-order valence-corrected chi connectivity index (χ1v) is 7.32. The van der Waals surface area contributed by atoms with Crippen molar-refractivity contribution in [2.75, 3.05) is 0 Å². The van der Waals surface area contributed by atoms with E-state index in [-0.39, 0.29) is 6.04 Å². The molecular formula is C14H16F3N3S. The van der Waals surface area contributed by atoms with Crippen LogP contribution in [0, 0.1) is 0 Å². The Morgan fingerprint density at radius 2 is 1.95 bits per heavy atom. The topological polar surface area (TPSA) is 50.9 Å². The summed E-state index contributed by atoms with van der Waals surface area (Å²) in [5.41, 5.74) is 2.35. The van der Waals surface area contributed by atoms with Crippen LogP contribution in [0.4, 0.5) is 13.2 Å². The van der Waals surface area contributed by atoms with Crippen molar-refractivity contribution < 1.29 is 13.2 Å². The standard InChI is InChI=1S/C14H16F3N3S/c1-2-10-4-5-11(21-10)7-13(20-18)12-6-3-9(8-19-12)14(15,16)17/h3-6,8,13,20H,2,7,18H2,1H3. The highest BCUT2D eigenvalue weighted by molar-refractivity contribution is 7.11. The van der Waals surface area contributed by atoms with Gasteiger partial charge >= 0.3 is 6.18 Å². The van der Waals surface area contributed by atoms with Crippen molar-refractivity contribution in [3.63, 3.8) is 0 Å². The minimum absolute atomic E-state index is 0.310. The second-order valence-electron chi connectivity index (χ2n) is 4.61. The molecule has 0 aliphatic carbocycles. The highest BCUT2D eigenvalue weighted by atomic mass is 32.1. The zero-order valence-electron chi connectivity index (χ0n) is 11.4. The van der Waals surface area contributed by atoms with Crippen molar-refractivity contribution in [1.82, 2.24) is 10.4 Å². The van der Waals surface area contributed by atoms with E-state index in [4.69, 9.17) is 5.84 Å². The third-order valence-electron chi connectivity index (χ3n) is 3.14. The van der Waals surface area contributed by atoms with Crippen LogP contribution < -0.4 is 11.3 Å². The maximum atomic E-state index is 12.5. The number of aryl methyl sites for hydroxylation is 1. The van der Waals surface area contributed by atoms with Crippen LogP contribution in [-0.2, 0) is 19.0 Å². The van der Waals surface area contributed by atoms with Gasteiger partial charge in [0.15, 0.2) is 0 Å². The predicted octanol–water partition coefficient (Wildman–Crippen LogP) is 3.47. The number of aromatic nitrogens is 1. The lowest BCUT2D eigenvalue weighted by Crippen LogP contribution is -2.30. The van der Waals surface area contributed by atoms with Crippen LogP contribution in [0.15, 0.2) is 30.5 Å². The van der Waals surface area contributed by atoms with Crippen molar-refractivity contribution in [3.8, 4) is 0 Å². The average Bonchev–Trinajstić information content (AvgIpc) is 2.92. The third-order valence-corrected chi connectivity index (χ3v) is 4.39. The fourth-order valence-corrected chi connectivity index (χ4v) is 2.95. The SMILES string of the molecule is CCc1ccc(CC(NN)c2ccc(C(F)(F)F)cn2)s1. The summed E-state index contributed by atoms with van der Waals surface area (Å²) in [6.07, 6.45) is -1.98. The van der Waals surface area contributed by atoms with Gasteiger partial charge in [-0.3, -0.25) is 16.3 Å². The fourth-order valence-electron chi connectivity index (χ4n) is 1.95. The molecule has 0 radical (unpaired) electrons. The maximum absolute atomic E-state index is 12.5. The van der Waals surface area contributed by atoms with E-state index >= 15 is 0 Å². The molecule has 1 atom stereocenters. The monoisotopic (exact) mass is 315 g/mol. The van der Waals surface area contributed by atoms with Crippen LogP contribution in [0.5, 0.6) is 0 Å². The Labute approximate surface area is 125 Å². The van der Waals surface area contributed by atoms with E-state index in [9.17, 15) is 13.2 Å². The number of nitrogens with one attached hydrogen (secondary N) is 1. The summed E-state index contributed by atoms with van der Waals surface area (Å²) in [6, 6.07) is 6.14. The van der Waals surface area contributed by atoms with Gasteiger partial charge in [0.2, 0.25) is 0 Å². The summed E-state index contributed by atoms with van der Waals surface area (Å²) in [4.78, 5) is 6.27. The smallest absolute Gasteiger partial charge is 0.271 e. The van der Waals surface area contributed by atoms with Gasteiger partial charge < -0.3 is 0 Å². The van der Waals surface area contributed by atoms with Crippen molar-refractivity contribution in [3.05, 3.63) is 51.5 Å². The molecular weight excluding hydrogens is 299 g/mol. The van der Waals surface area contributed by atoms with Gasteiger partial charge in [-0.25, -0.2) is 0 Å². The lowest BCUT2D eigenvalue weighted by Gasteiger charge is -2.15. The summed E-state index contributed by atoms with van der Waals surface area (Å²) in [6.45, 7) is 2.08. The molecule has 3 N–H and O–H groups in total. The first-order valence-electron chi connectivity index (χ1n) is 6.51. The maximum Gasteiger partial charge on any atom is 0.417 e. The molecule has 0 fully saturated rings. The summed E-state index contributed by atoms with van der Waals surface area (Å²) in [7, 11) is 0. The number of hydrogen-bond acceptors (Lipinski definition) is 4. The van der Waals surface area contributed by atoms with Crippen LogP contribution in [0.3, 0.4) is 0 Å². The number of halogens is 3. The number of alkyl halides is 3. The lowest BCUT2D eigenvalue weighted by molar-refractivity contribution is -0.137. The van der Waals surface area contributed by atoms with Crippen molar-refractivity contribution in [2.24, 2.45) is 5.84 Å². The zero-order chi connectivity index (χ0) is 15.5. The fraction of sp³-hybridized carbons (Fsp3) is 0.357. The third kappa shape index (κ3) is 4.03. The highest BCUT2D eigenvalue weighted by Crippen LogP contribution is 2.29. The molecule has 0 saturated carbocycles. The van der Waals surface area contributed by atoms with Crippen LogP contribution in [-0.4, -0.2) is 4.98 Å². The van der Waals surface area contributed by atoms with Crippen LogP contribution in [0.1, 0.15) is 34.0 Å². The van der Waals surface area contributed by atoms with Crippen molar-refractivity contribution >= 4 is 11.3 Å². The molecule has 1 unspecified atom stereocenters. The predicted molar refractivity (Wildman–Crippen MR) is 76.7 cm³/mol. The Hall–Kier alpha value is -1.44. The Kier molecular flexibility index (Phi) is 4.97. The van der Waals surface area contributed by atoms with Crippen LogP contribution in [0.25, 0.3) is 0 Å². The number of hydrazine groups is 1. The first kappa shape index (κ1) is 15.9. The molecule has 2 aromatic rings. The minimum Gasteiger partial charge on any atom is -0.271 e. The average molecular weight is 315 g/mol. The molecule has 0 amide bonds. The summed E-state index contributed by atoms with van der Waals surface area (Å²) in [5, 5.41) is 0.